The van der Waals surface area contributed by atoms with Crippen LogP contribution >= 0.6 is 11.8 Å². The van der Waals surface area contributed by atoms with E-state index in [-0.39, 0.29) is 6.61 Å². The van der Waals surface area contributed by atoms with Gasteiger partial charge in [-0.2, -0.15) is 0 Å². The minimum atomic E-state index is 0.0624. The molecule has 21 heavy (non-hydrogen) atoms. The number of aliphatic hydroxyl groups excluding tert-OH is 1. The quantitative estimate of drug-likeness (QED) is 0.658. The van der Waals surface area contributed by atoms with Crippen LogP contribution in [0.25, 0.3) is 0 Å². The Bertz CT molecular complexity index is 612. The van der Waals surface area contributed by atoms with Crippen LogP contribution in [0, 0.1) is 0 Å². The SMILES string of the molecule is COc1cccc(N=C(N)SCc2ccc(CO)cc2)c1. The molecule has 4 nitrogen and oxygen atoms in total. The summed E-state index contributed by atoms with van der Waals surface area (Å²) >= 11 is 1.48. The maximum atomic E-state index is 9.00. The molecule has 3 N–H and O–H groups in total. The summed E-state index contributed by atoms with van der Waals surface area (Å²) in [5.74, 6) is 1.50. The molecule has 5 heteroatoms. The molecule has 0 radical (unpaired) electrons. The van der Waals surface area contributed by atoms with Crippen LogP contribution in [0.4, 0.5) is 5.69 Å². The number of aliphatic hydroxyl groups is 1. The first-order chi connectivity index (χ1) is 10.2. The van der Waals surface area contributed by atoms with Crippen LogP contribution in [0.5, 0.6) is 5.75 Å². The fourth-order valence-electron chi connectivity index (χ4n) is 1.74. The van der Waals surface area contributed by atoms with E-state index < -0.39 is 0 Å². The van der Waals surface area contributed by atoms with Gasteiger partial charge in [-0.25, -0.2) is 4.99 Å². The van der Waals surface area contributed by atoms with Gasteiger partial charge in [0.1, 0.15) is 5.75 Å². The zero-order valence-corrected chi connectivity index (χ0v) is 12.6. The van der Waals surface area contributed by atoms with Crippen LogP contribution < -0.4 is 10.5 Å². The number of aliphatic imine (C=N–C) groups is 1. The van der Waals surface area contributed by atoms with Crippen LogP contribution in [0.2, 0.25) is 0 Å². The molecule has 0 unspecified atom stereocenters. The predicted octanol–water partition coefficient (Wildman–Crippen LogP) is 3.07. The van der Waals surface area contributed by atoms with Gasteiger partial charge in [0.15, 0.2) is 5.17 Å². The number of methoxy groups -OCH3 is 1. The molecule has 0 bridgehead atoms. The second kappa shape index (κ2) is 7.71. The molecule has 2 aromatic rings. The van der Waals surface area contributed by atoms with Crippen LogP contribution in [-0.4, -0.2) is 17.4 Å². The summed E-state index contributed by atoms with van der Waals surface area (Å²) in [5, 5.41) is 9.51. The highest BCUT2D eigenvalue weighted by atomic mass is 32.2. The third kappa shape index (κ3) is 4.81. The summed E-state index contributed by atoms with van der Waals surface area (Å²) in [6, 6.07) is 15.2. The van der Waals surface area contributed by atoms with Crippen molar-refractivity contribution in [3.8, 4) is 5.75 Å². The van der Waals surface area contributed by atoms with E-state index in [1.807, 2.05) is 48.5 Å². The van der Waals surface area contributed by atoms with Crippen molar-refractivity contribution in [1.82, 2.24) is 0 Å². The number of hydrogen-bond donors (Lipinski definition) is 2. The topological polar surface area (TPSA) is 67.8 Å². The lowest BCUT2D eigenvalue weighted by Crippen LogP contribution is -2.06. The Balaban J connectivity index is 1.96. The average Bonchev–Trinajstić information content (AvgIpc) is 2.53. The number of amidine groups is 1. The summed E-state index contributed by atoms with van der Waals surface area (Å²) in [6.07, 6.45) is 0. The van der Waals surface area contributed by atoms with Gasteiger partial charge in [0, 0.05) is 11.8 Å². The predicted molar refractivity (Wildman–Crippen MR) is 87.9 cm³/mol. The van der Waals surface area contributed by atoms with Gasteiger partial charge >= 0.3 is 0 Å². The first-order valence-electron chi connectivity index (χ1n) is 6.51. The van der Waals surface area contributed by atoms with Gasteiger partial charge in [0.25, 0.3) is 0 Å². The fourth-order valence-corrected chi connectivity index (χ4v) is 2.41. The Morgan fingerprint density at radius 3 is 2.57 bits per heavy atom. The highest BCUT2D eigenvalue weighted by molar-refractivity contribution is 8.13. The van der Waals surface area contributed by atoms with Crippen molar-refractivity contribution in [3.05, 3.63) is 59.7 Å². The zero-order valence-electron chi connectivity index (χ0n) is 11.8. The van der Waals surface area contributed by atoms with E-state index in [0.29, 0.717) is 5.17 Å². The molecule has 0 aliphatic heterocycles. The largest absolute Gasteiger partial charge is 0.497 e. The van der Waals surface area contributed by atoms with Crippen molar-refractivity contribution in [2.24, 2.45) is 10.7 Å². The van der Waals surface area contributed by atoms with Gasteiger partial charge in [-0.05, 0) is 23.3 Å². The molecule has 2 rings (SSSR count). The normalized spacial score (nSPS) is 11.4. The maximum absolute atomic E-state index is 9.00. The number of nitrogens with zero attached hydrogens (tertiary/aromatic N) is 1. The minimum absolute atomic E-state index is 0.0624. The number of benzene rings is 2. The molecule has 0 saturated carbocycles. The highest BCUT2D eigenvalue weighted by Crippen LogP contribution is 2.21. The summed E-state index contributed by atoms with van der Waals surface area (Å²) < 4.78 is 5.15. The fraction of sp³-hybridized carbons (Fsp3) is 0.188. The molecule has 0 spiro atoms. The first kappa shape index (κ1) is 15.4. The van der Waals surface area contributed by atoms with E-state index in [9.17, 15) is 0 Å². The molecule has 0 saturated heterocycles. The van der Waals surface area contributed by atoms with Crippen molar-refractivity contribution in [3.63, 3.8) is 0 Å². The molecule has 0 aromatic heterocycles. The second-order valence-electron chi connectivity index (χ2n) is 4.41. The van der Waals surface area contributed by atoms with Crippen molar-refractivity contribution in [1.29, 1.82) is 0 Å². The first-order valence-corrected chi connectivity index (χ1v) is 7.49. The van der Waals surface area contributed by atoms with E-state index in [0.717, 1.165) is 28.3 Å². The highest BCUT2D eigenvalue weighted by Gasteiger charge is 2.00. The summed E-state index contributed by atoms with van der Waals surface area (Å²) in [5.41, 5.74) is 8.75. The van der Waals surface area contributed by atoms with E-state index in [1.165, 1.54) is 11.8 Å². The van der Waals surface area contributed by atoms with Gasteiger partial charge in [0.05, 0.1) is 19.4 Å². The molecular formula is C16H18N2O2S. The lowest BCUT2D eigenvalue weighted by Gasteiger charge is -2.04. The summed E-state index contributed by atoms with van der Waals surface area (Å²) in [6.45, 7) is 0.0624. The third-order valence-electron chi connectivity index (χ3n) is 2.88. The maximum Gasteiger partial charge on any atom is 0.159 e. The van der Waals surface area contributed by atoms with E-state index in [1.54, 1.807) is 7.11 Å². The Hall–Kier alpha value is -1.98. The number of ether oxygens (including phenoxy) is 1. The zero-order chi connectivity index (χ0) is 15.1. The lowest BCUT2D eigenvalue weighted by atomic mass is 10.2. The molecular weight excluding hydrogens is 284 g/mol. The van der Waals surface area contributed by atoms with Crippen molar-refractivity contribution in [2.75, 3.05) is 7.11 Å². The van der Waals surface area contributed by atoms with Crippen molar-refractivity contribution < 1.29 is 9.84 Å². The standard InChI is InChI=1S/C16H18N2O2S/c1-20-15-4-2-3-14(9-15)18-16(17)21-11-13-7-5-12(10-19)6-8-13/h2-9,19H,10-11H2,1H3,(H2,17,18). The second-order valence-corrected chi connectivity index (χ2v) is 5.41. The summed E-state index contributed by atoms with van der Waals surface area (Å²) in [7, 11) is 1.62. The van der Waals surface area contributed by atoms with Crippen molar-refractivity contribution in [2.45, 2.75) is 12.4 Å². The molecule has 110 valence electrons. The Morgan fingerprint density at radius 2 is 1.90 bits per heavy atom. The Morgan fingerprint density at radius 1 is 1.19 bits per heavy atom. The minimum Gasteiger partial charge on any atom is -0.497 e. The van der Waals surface area contributed by atoms with Crippen LogP contribution in [0.1, 0.15) is 11.1 Å². The van der Waals surface area contributed by atoms with E-state index in [2.05, 4.69) is 4.99 Å². The van der Waals surface area contributed by atoms with Gasteiger partial charge in [-0.15, -0.1) is 0 Å². The molecule has 0 amide bonds. The van der Waals surface area contributed by atoms with Gasteiger partial charge < -0.3 is 15.6 Å². The van der Waals surface area contributed by atoms with Gasteiger partial charge in [0.2, 0.25) is 0 Å². The number of hydrogen-bond acceptors (Lipinski definition) is 4. The molecule has 0 heterocycles. The van der Waals surface area contributed by atoms with Crippen LogP contribution in [0.3, 0.4) is 0 Å². The van der Waals surface area contributed by atoms with Crippen molar-refractivity contribution >= 4 is 22.6 Å². The molecule has 2 aromatic carbocycles. The third-order valence-corrected chi connectivity index (χ3v) is 3.75. The van der Waals surface area contributed by atoms with E-state index in [4.69, 9.17) is 15.6 Å². The number of nitrogens with two attached hydrogens (primary N) is 1. The van der Waals surface area contributed by atoms with Gasteiger partial charge in [-0.3, -0.25) is 0 Å². The summed E-state index contributed by atoms with van der Waals surface area (Å²) in [4.78, 5) is 4.35. The number of thioether (sulfide) groups is 1. The van der Waals surface area contributed by atoms with Crippen LogP contribution in [0.15, 0.2) is 53.5 Å². The van der Waals surface area contributed by atoms with Crippen LogP contribution in [-0.2, 0) is 12.4 Å². The Labute approximate surface area is 128 Å². The van der Waals surface area contributed by atoms with Gasteiger partial charge in [-0.1, -0.05) is 42.1 Å². The lowest BCUT2D eigenvalue weighted by molar-refractivity contribution is 0.282. The molecule has 0 atom stereocenters. The number of rotatable bonds is 5. The smallest absolute Gasteiger partial charge is 0.159 e. The Kier molecular flexibility index (Phi) is 5.66. The molecule has 0 aliphatic rings. The molecule has 0 aliphatic carbocycles. The van der Waals surface area contributed by atoms with E-state index >= 15 is 0 Å². The monoisotopic (exact) mass is 302 g/mol. The average molecular weight is 302 g/mol. The molecule has 0 fully saturated rings.